The number of hydrogen-bond acceptors (Lipinski definition) is 9. The molecule has 0 saturated carbocycles. The molecule has 6 aromatic heterocycles. The van der Waals surface area contributed by atoms with E-state index in [1.165, 1.54) is 71.3 Å². The summed E-state index contributed by atoms with van der Waals surface area (Å²) in [5.74, 6) is 0. The summed E-state index contributed by atoms with van der Waals surface area (Å²) in [5.41, 5.74) is 36.7. The Balaban J connectivity index is 0.000000107. The molecule has 0 aliphatic rings. The van der Waals surface area contributed by atoms with Crippen LogP contribution in [0.4, 0.5) is 0 Å². The Morgan fingerprint density at radius 3 is 0.877 bits per heavy atom. The van der Waals surface area contributed by atoms with Crippen LogP contribution in [0.15, 0.2) is 456 Å². The van der Waals surface area contributed by atoms with Crippen molar-refractivity contribution in [2.24, 2.45) is 0 Å². The van der Waals surface area contributed by atoms with Crippen LogP contribution in [0.5, 0.6) is 0 Å². The van der Waals surface area contributed by atoms with E-state index in [0.717, 1.165) is 221 Å². The molecule has 6 heterocycles. The van der Waals surface area contributed by atoms with Crippen LogP contribution in [-0.4, -0.2) is 29.9 Å². The Hall–Kier alpha value is -18.2. The zero-order valence-corrected chi connectivity index (χ0v) is 75.6. The average Bonchev–Trinajstić information content (AvgIpc) is 1.20. The molecule has 0 fully saturated rings. The first-order chi connectivity index (χ1) is 68.1. The van der Waals surface area contributed by atoms with Gasteiger partial charge in [-0.3, -0.25) is 15.0 Å². The van der Waals surface area contributed by atoms with E-state index in [9.17, 15) is 0 Å². The molecule has 0 spiro atoms. The smallest absolute Gasteiger partial charge is 0.143 e. The summed E-state index contributed by atoms with van der Waals surface area (Å²) in [5, 5.41) is 20.6. The second kappa shape index (κ2) is 33.2. The Labute approximate surface area is 793 Å². The van der Waals surface area contributed by atoms with Gasteiger partial charge in [-0.05, 0) is 198 Å². The Morgan fingerprint density at radius 2 is 0.449 bits per heavy atom. The van der Waals surface area contributed by atoms with E-state index in [0.29, 0.717) is 0 Å². The summed E-state index contributed by atoms with van der Waals surface area (Å²) >= 11 is 0. The second-order valence-electron chi connectivity index (χ2n) is 36.0. The van der Waals surface area contributed by atoms with Crippen LogP contribution in [0.2, 0.25) is 0 Å². The fraction of sp³-hybridized carbons (Fsp3) is 0.0233. The lowest BCUT2D eigenvalue weighted by molar-refractivity contribution is 0.668. The molecule has 138 heavy (non-hydrogen) atoms. The van der Waals surface area contributed by atoms with E-state index >= 15 is 0 Å². The Kier molecular flexibility index (Phi) is 19.4. The first kappa shape index (κ1) is 80.7. The van der Waals surface area contributed by atoms with Gasteiger partial charge in [-0.2, -0.15) is 0 Å². The van der Waals surface area contributed by atoms with Gasteiger partial charge in [0.1, 0.15) is 33.5 Å². The lowest BCUT2D eigenvalue weighted by Crippen LogP contribution is -1.92. The molecule has 9 heteroatoms. The van der Waals surface area contributed by atoms with Crippen molar-refractivity contribution in [1.82, 2.24) is 29.9 Å². The van der Waals surface area contributed by atoms with E-state index in [1.807, 2.05) is 30.7 Å². The molecule has 0 radical (unpaired) electrons. The summed E-state index contributed by atoms with van der Waals surface area (Å²) in [6.07, 6.45) is 5.71. The fourth-order valence-electron chi connectivity index (χ4n) is 21.1. The zero-order valence-electron chi connectivity index (χ0n) is 75.6. The maximum atomic E-state index is 6.77. The molecule has 0 aliphatic heterocycles. The van der Waals surface area contributed by atoms with E-state index in [1.54, 1.807) is 0 Å². The van der Waals surface area contributed by atoms with Crippen molar-refractivity contribution >= 4 is 164 Å². The minimum Gasteiger partial charge on any atom is -0.456 e. The molecule has 28 aromatic rings. The van der Waals surface area contributed by atoms with Gasteiger partial charge in [0.2, 0.25) is 0 Å². The molecule has 0 amide bonds. The largest absolute Gasteiger partial charge is 0.456 e. The van der Waals surface area contributed by atoms with E-state index in [-0.39, 0.29) is 0 Å². The summed E-state index contributed by atoms with van der Waals surface area (Å²) in [7, 11) is 0. The van der Waals surface area contributed by atoms with Crippen molar-refractivity contribution < 1.29 is 13.3 Å². The molecule has 0 N–H and O–H groups in total. The predicted octanol–water partition coefficient (Wildman–Crippen LogP) is 35.1. The van der Waals surface area contributed by atoms with Crippen molar-refractivity contribution in [1.29, 1.82) is 0 Å². The fourth-order valence-corrected chi connectivity index (χ4v) is 21.1. The molecule has 0 atom stereocenters. The first-order valence-corrected chi connectivity index (χ1v) is 46.8. The van der Waals surface area contributed by atoms with Crippen LogP contribution in [-0.2, 0) is 0 Å². The van der Waals surface area contributed by atoms with E-state index < -0.39 is 0 Å². The van der Waals surface area contributed by atoms with Gasteiger partial charge in [0.15, 0.2) is 0 Å². The topological polar surface area (TPSA) is 117 Å². The van der Waals surface area contributed by atoms with Gasteiger partial charge in [0.25, 0.3) is 0 Å². The third kappa shape index (κ3) is 14.0. The Bertz CT molecular complexity index is 9690. The van der Waals surface area contributed by atoms with Crippen LogP contribution >= 0.6 is 0 Å². The highest BCUT2D eigenvalue weighted by Gasteiger charge is 2.23. The summed E-state index contributed by atoms with van der Waals surface area (Å²) < 4.78 is 19.3. The van der Waals surface area contributed by atoms with Crippen LogP contribution < -0.4 is 0 Å². The number of nitrogens with zero attached hydrogens (tertiary/aromatic N) is 6. The SMILES string of the molecule is Cc1cc(C)c(-c2ccc3oc4ccc(-c5cccc(-c6cnc7c8ccccc8c8ccccc8c7n6)c5)cc4c3c2)c(C)c1.c1ccc(-c2ccc3oc4ccc(-c5ccc(-c6cnc7c8ccccc8c8ccccc8c7n6)cc5)cc4c3c2)cc1.c1ccc(-c2cccc3c2oc2c(-c4ccccc4)cc(-c4ccc(-c5cnc6c7ccccc7c7ccccc7c6n5)cc4)cc23)cc1. The molecular weight excluding hydrogens is 1680 g/mol. The van der Waals surface area contributed by atoms with Crippen LogP contribution in [0.3, 0.4) is 0 Å². The number of furan rings is 3. The maximum absolute atomic E-state index is 6.77. The molecule has 0 aliphatic carbocycles. The van der Waals surface area contributed by atoms with Crippen molar-refractivity contribution in [3.63, 3.8) is 0 Å². The Morgan fingerprint density at radius 1 is 0.167 bits per heavy atom. The van der Waals surface area contributed by atoms with Gasteiger partial charge >= 0.3 is 0 Å². The normalized spacial score (nSPS) is 11.7. The number of para-hydroxylation sites is 1. The molecule has 0 unspecified atom stereocenters. The van der Waals surface area contributed by atoms with Gasteiger partial charge in [0.05, 0.1) is 68.8 Å². The number of hydrogen-bond donors (Lipinski definition) is 0. The maximum Gasteiger partial charge on any atom is 0.143 e. The minimum atomic E-state index is 0.856. The number of fused-ring (bicyclic) bond motifs is 27. The van der Waals surface area contributed by atoms with Gasteiger partial charge in [-0.15, -0.1) is 0 Å². The highest BCUT2D eigenvalue weighted by atomic mass is 16.3. The third-order valence-corrected chi connectivity index (χ3v) is 27.6. The number of aryl methyl sites for hydroxylation is 3. The molecule has 28 rings (SSSR count). The molecular formula is C129H82N6O3. The second-order valence-corrected chi connectivity index (χ2v) is 36.0. The van der Waals surface area contributed by atoms with Gasteiger partial charge in [0, 0.05) is 92.5 Å². The quantitative estimate of drug-likeness (QED) is 0.123. The minimum absolute atomic E-state index is 0.856. The lowest BCUT2D eigenvalue weighted by atomic mass is 9.93. The van der Waals surface area contributed by atoms with E-state index in [2.05, 4.69) is 433 Å². The molecule has 22 aromatic carbocycles. The highest BCUT2D eigenvalue weighted by Crippen LogP contribution is 2.47. The van der Waals surface area contributed by atoms with Crippen LogP contribution in [0.25, 0.3) is 275 Å². The molecule has 0 saturated heterocycles. The monoisotopic (exact) mass is 1760 g/mol. The van der Waals surface area contributed by atoms with Gasteiger partial charge in [-0.1, -0.05) is 363 Å². The average molecular weight is 1760 g/mol. The number of rotatable bonds is 10. The zero-order chi connectivity index (χ0) is 91.6. The van der Waals surface area contributed by atoms with Crippen molar-refractivity contribution in [2.75, 3.05) is 0 Å². The standard InChI is InChI=1S/C46H28N2O.C43H30N2O.C40H24N2O/c1-3-12-30(13-4-1)34-20-11-21-39-41-27-33(26-40(46(41)49-45(34)39)31-14-5-2-6-15-31)29-22-24-32(25-23-29)42-28-47-43-37-18-9-7-16-35(37)36-17-8-10-19-38(36)44(43)48-42;1-25-19-26(2)41(27(3)20-25)31-16-18-40-37(23-31)36-22-29(15-17-39(36)46-40)28-9-8-10-30(21-28)38-24-44-42-34-13-6-4-11-32(34)33-12-5-7-14-35(33)43(42)45-38;1-2-8-25(9-3-1)28-18-20-37-34(22-28)35-23-29(19-21-38(35)43-37)26-14-16-27(17-15-26)36-24-41-39-32-12-6-4-10-30(32)31-11-5-7-13-33(31)40(39)42-36/h1-28H;4-24H,1-3H3;1-24H. The van der Waals surface area contributed by atoms with Gasteiger partial charge in [-0.25, -0.2) is 15.0 Å². The molecule has 646 valence electrons. The van der Waals surface area contributed by atoms with Crippen LogP contribution in [0, 0.1) is 20.8 Å². The van der Waals surface area contributed by atoms with Crippen molar-refractivity contribution in [3.05, 3.63) is 460 Å². The summed E-state index contributed by atoms with van der Waals surface area (Å²) in [4.78, 5) is 30.5. The van der Waals surface area contributed by atoms with Crippen molar-refractivity contribution in [3.8, 4) is 112 Å². The molecule has 9 nitrogen and oxygen atoms in total. The molecule has 0 bridgehead atoms. The first-order valence-electron chi connectivity index (χ1n) is 46.8. The predicted molar refractivity (Wildman–Crippen MR) is 574 cm³/mol. The summed E-state index contributed by atoms with van der Waals surface area (Å²) in [6.45, 7) is 6.55. The summed E-state index contributed by atoms with van der Waals surface area (Å²) in [6, 6.07) is 150. The highest BCUT2D eigenvalue weighted by molar-refractivity contribution is 6.26. The number of aromatic nitrogens is 6. The van der Waals surface area contributed by atoms with Crippen molar-refractivity contribution in [2.45, 2.75) is 20.8 Å². The van der Waals surface area contributed by atoms with Crippen LogP contribution in [0.1, 0.15) is 16.7 Å². The lowest BCUT2D eigenvalue weighted by Gasteiger charge is -2.12. The van der Waals surface area contributed by atoms with E-state index in [4.69, 9.17) is 43.2 Å². The van der Waals surface area contributed by atoms with Gasteiger partial charge < -0.3 is 13.3 Å². The number of benzene rings is 22. The third-order valence-electron chi connectivity index (χ3n) is 27.6.